The molecule has 0 spiro atoms. The molecule has 2 fully saturated rings. The van der Waals surface area contributed by atoms with E-state index in [1.54, 1.807) is 17.1 Å². The summed E-state index contributed by atoms with van der Waals surface area (Å²) < 4.78 is 12.5. The molecule has 0 saturated carbocycles. The van der Waals surface area contributed by atoms with Crippen LogP contribution in [0.15, 0.2) is 47.7 Å². The number of carbonyl (C=O) groups excluding carboxylic acids is 2. The summed E-state index contributed by atoms with van der Waals surface area (Å²) in [6.45, 7) is 2.12. The third-order valence-corrected chi connectivity index (χ3v) is 5.52. The number of ether oxygens (including phenoxy) is 1. The molecular formula is C21H24N4O4. The Morgan fingerprint density at radius 2 is 2.24 bits per heavy atom. The van der Waals surface area contributed by atoms with Gasteiger partial charge in [-0.25, -0.2) is 4.98 Å². The molecule has 2 aromatic rings. The highest BCUT2D eigenvalue weighted by Crippen LogP contribution is 2.34. The van der Waals surface area contributed by atoms with Gasteiger partial charge in [-0.2, -0.15) is 0 Å². The molecule has 152 valence electrons. The predicted molar refractivity (Wildman–Crippen MR) is 106 cm³/mol. The van der Waals surface area contributed by atoms with E-state index in [0.29, 0.717) is 38.4 Å². The number of nitrogens with one attached hydrogen (secondary N) is 1. The van der Waals surface area contributed by atoms with E-state index in [4.69, 9.17) is 9.15 Å². The zero-order valence-corrected chi connectivity index (χ0v) is 16.3. The second-order valence-corrected chi connectivity index (χ2v) is 7.58. The van der Waals surface area contributed by atoms with Crippen LogP contribution in [-0.4, -0.2) is 58.1 Å². The minimum Gasteiger partial charge on any atom is -0.451 e. The number of aryl methyl sites for hydroxylation is 1. The summed E-state index contributed by atoms with van der Waals surface area (Å²) in [6, 6.07) is 1.95. The first-order valence-corrected chi connectivity index (χ1v) is 9.59. The molecule has 29 heavy (non-hydrogen) atoms. The first kappa shape index (κ1) is 19.2. The average molecular weight is 396 g/mol. The molecule has 2 unspecified atom stereocenters. The Labute approximate surface area is 168 Å². The Kier molecular flexibility index (Phi) is 5.35. The van der Waals surface area contributed by atoms with Crippen molar-refractivity contribution in [2.45, 2.75) is 12.0 Å². The van der Waals surface area contributed by atoms with Gasteiger partial charge in [0.1, 0.15) is 12.0 Å². The van der Waals surface area contributed by atoms with Gasteiger partial charge in [-0.05, 0) is 30.2 Å². The van der Waals surface area contributed by atoms with Gasteiger partial charge in [-0.1, -0.05) is 0 Å². The number of aromatic nitrogens is 2. The van der Waals surface area contributed by atoms with Gasteiger partial charge >= 0.3 is 0 Å². The van der Waals surface area contributed by atoms with E-state index in [2.05, 4.69) is 10.3 Å². The molecule has 0 bridgehead atoms. The fraction of sp³-hybridized carbons (Fsp3) is 0.381. The van der Waals surface area contributed by atoms with Crippen molar-refractivity contribution >= 4 is 24.0 Å². The standard InChI is InChI=1S/C21H24N4O4/c1-24-8-6-16(10-24)2-5-20(27)25-11-17-12-28-9-7-21(17,14-25)23-19(26)4-3-18-13-29-15-22-18/h2-6,8,10,13,15,17H,7,9,11-12,14H2,1H3,(H,23,26)/b4-3+,5-2+. The van der Waals surface area contributed by atoms with E-state index in [-0.39, 0.29) is 17.7 Å². The molecule has 8 heteroatoms. The summed E-state index contributed by atoms with van der Waals surface area (Å²) >= 11 is 0. The summed E-state index contributed by atoms with van der Waals surface area (Å²) in [4.78, 5) is 31.0. The smallest absolute Gasteiger partial charge is 0.246 e. The van der Waals surface area contributed by atoms with Crippen molar-refractivity contribution in [1.29, 1.82) is 0 Å². The second-order valence-electron chi connectivity index (χ2n) is 7.58. The van der Waals surface area contributed by atoms with Crippen molar-refractivity contribution in [3.05, 3.63) is 54.5 Å². The van der Waals surface area contributed by atoms with E-state index in [9.17, 15) is 9.59 Å². The van der Waals surface area contributed by atoms with Crippen molar-refractivity contribution in [3.8, 4) is 0 Å². The second kappa shape index (κ2) is 8.08. The topological polar surface area (TPSA) is 89.6 Å². The van der Waals surface area contributed by atoms with Gasteiger partial charge in [0.05, 0.1) is 12.1 Å². The normalized spacial score (nSPS) is 24.3. The number of nitrogens with zero attached hydrogens (tertiary/aromatic N) is 3. The van der Waals surface area contributed by atoms with Crippen LogP contribution in [-0.2, 0) is 21.4 Å². The van der Waals surface area contributed by atoms with Gasteiger partial charge in [0, 0.05) is 57.2 Å². The molecule has 0 aromatic carbocycles. The van der Waals surface area contributed by atoms with Gasteiger partial charge in [0.2, 0.25) is 11.8 Å². The lowest BCUT2D eigenvalue weighted by atomic mass is 9.83. The number of hydrogen-bond donors (Lipinski definition) is 1. The molecule has 2 atom stereocenters. The van der Waals surface area contributed by atoms with E-state index in [0.717, 1.165) is 5.56 Å². The summed E-state index contributed by atoms with van der Waals surface area (Å²) in [5.74, 6) is -0.209. The monoisotopic (exact) mass is 396 g/mol. The number of amides is 2. The molecule has 2 saturated heterocycles. The highest BCUT2D eigenvalue weighted by Gasteiger charge is 2.50. The van der Waals surface area contributed by atoms with E-state index < -0.39 is 5.54 Å². The fourth-order valence-corrected chi connectivity index (χ4v) is 3.97. The Hall–Kier alpha value is -3.13. The minimum absolute atomic E-state index is 0.0602. The molecule has 2 aromatic heterocycles. The lowest BCUT2D eigenvalue weighted by Gasteiger charge is -2.38. The number of hydrogen-bond acceptors (Lipinski definition) is 5. The maximum absolute atomic E-state index is 12.7. The van der Waals surface area contributed by atoms with Crippen LogP contribution < -0.4 is 5.32 Å². The van der Waals surface area contributed by atoms with Crippen molar-refractivity contribution in [2.75, 3.05) is 26.3 Å². The van der Waals surface area contributed by atoms with Crippen LogP contribution in [0.25, 0.3) is 12.2 Å². The highest BCUT2D eigenvalue weighted by atomic mass is 16.5. The Morgan fingerprint density at radius 1 is 1.34 bits per heavy atom. The van der Waals surface area contributed by atoms with Crippen LogP contribution in [0.2, 0.25) is 0 Å². The van der Waals surface area contributed by atoms with Crippen molar-refractivity contribution in [3.63, 3.8) is 0 Å². The maximum Gasteiger partial charge on any atom is 0.246 e. The van der Waals surface area contributed by atoms with Gasteiger partial charge in [0.25, 0.3) is 0 Å². The zero-order valence-electron chi connectivity index (χ0n) is 16.3. The summed E-state index contributed by atoms with van der Waals surface area (Å²) in [6.07, 6.45) is 13.8. The SMILES string of the molecule is Cn1ccc(/C=C/C(=O)N2CC3COCCC3(NC(=O)/C=C/c3cocn3)C2)c1. The predicted octanol–water partition coefficient (Wildman–Crippen LogP) is 1.47. The van der Waals surface area contributed by atoms with Gasteiger partial charge < -0.3 is 23.9 Å². The van der Waals surface area contributed by atoms with Crippen LogP contribution in [0.3, 0.4) is 0 Å². The van der Waals surface area contributed by atoms with E-state index in [1.165, 1.54) is 18.7 Å². The maximum atomic E-state index is 12.7. The molecule has 2 amide bonds. The molecule has 2 aliphatic rings. The third kappa shape index (κ3) is 4.32. The minimum atomic E-state index is -0.472. The molecule has 8 nitrogen and oxygen atoms in total. The molecule has 2 aliphatic heterocycles. The number of rotatable bonds is 5. The molecule has 0 aliphatic carbocycles. The highest BCUT2D eigenvalue weighted by molar-refractivity contribution is 5.93. The van der Waals surface area contributed by atoms with Crippen LogP contribution in [0.1, 0.15) is 17.7 Å². The number of likely N-dealkylation sites (tertiary alicyclic amines) is 1. The Balaban J connectivity index is 1.43. The van der Waals surface area contributed by atoms with Crippen LogP contribution in [0.5, 0.6) is 0 Å². The van der Waals surface area contributed by atoms with Crippen LogP contribution in [0.4, 0.5) is 0 Å². The molecule has 4 rings (SSSR count). The van der Waals surface area contributed by atoms with Gasteiger partial charge in [-0.3, -0.25) is 9.59 Å². The molecular weight excluding hydrogens is 372 g/mol. The largest absolute Gasteiger partial charge is 0.451 e. The third-order valence-electron chi connectivity index (χ3n) is 5.52. The molecule has 0 radical (unpaired) electrons. The van der Waals surface area contributed by atoms with E-state index in [1.807, 2.05) is 36.2 Å². The van der Waals surface area contributed by atoms with Crippen molar-refractivity contribution in [2.24, 2.45) is 13.0 Å². The first-order chi connectivity index (χ1) is 14.0. The Bertz CT molecular complexity index is 930. The number of oxazole rings is 1. The number of fused-ring (bicyclic) bond motifs is 1. The van der Waals surface area contributed by atoms with Crippen LogP contribution >= 0.6 is 0 Å². The van der Waals surface area contributed by atoms with Gasteiger partial charge in [0.15, 0.2) is 6.39 Å². The lowest BCUT2D eigenvalue weighted by molar-refractivity contribution is -0.126. The number of carbonyl (C=O) groups is 2. The van der Waals surface area contributed by atoms with E-state index >= 15 is 0 Å². The fourth-order valence-electron chi connectivity index (χ4n) is 3.97. The Morgan fingerprint density at radius 3 is 3.00 bits per heavy atom. The quantitative estimate of drug-likeness (QED) is 0.773. The molecule has 4 heterocycles. The first-order valence-electron chi connectivity index (χ1n) is 9.59. The molecule has 1 N–H and O–H groups in total. The van der Waals surface area contributed by atoms with Crippen molar-refractivity contribution < 1.29 is 18.7 Å². The summed E-state index contributed by atoms with van der Waals surface area (Å²) in [5.41, 5.74) is 1.08. The average Bonchev–Trinajstić information content (AvgIpc) is 3.44. The summed E-state index contributed by atoms with van der Waals surface area (Å²) in [7, 11) is 1.94. The van der Waals surface area contributed by atoms with Crippen LogP contribution in [0, 0.1) is 5.92 Å². The zero-order chi connectivity index (χ0) is 20.3. The van der Waals surface area contributed by atoms with Crippen molar-refractivity contribution in [1.82, 2.24) is 19.8 Å². The lowest BCUT2D eigenvalue weighted by Crippen LogP contribution is -2.57. The summed E-state index contributed by atoms with van der Waals surface area (Å²) in [5, 5.41) is 3.13. The van der Waals surface area contributed by atoms with Gasteiger partial charge in [-0.15, -0.1) is 0 Å².